The smallest absolute Gasteiger partial charge is 0.344 e. The number of carbonyl (C=O) groups excluding carboxylic acids is 2. The second-order valence-electron chi connectivity index (χ2n) is 6.35. The average Bonchev–Trinajstić information content (AvgIpc) is 2.60. The van der Waals surface area contributed by atoms with Gasteiger partial charge in [-0.1, -0.05) is 0 Å². The Bertz CT molecular complexity index is 612. The summed E-state index contributed by atoms with van der Waals surface area (Å²) in [6.45, 7) is 3.80. The summed E-state index contributed by atoms with van der Waals surface area (Å²) in [4.78, 5) is 25.5. The largest absolute Gasteiger partial charge is 0.482 e. The number of hydrogen-bond donors (Lipinski definition) is 1. The van der Waals surface area contributed by atoms with E-state index in [2.05, 4.69) is 5.32 Å². The van der Waals surface area contributed by atoms with Gasteiger partial charge in [-0.05, 0) is 50.5 Å². The SMILES string of the molecule is CCOC(=O)COc1ccc(NC(=O)N2CCOC3(CCC3)C2)cc1. The Kier molecular flexibility index (Phi) is 5.43. The van der Waals surface area contributed by atoms with Gasteiger partial charge >= 0.3 is 12.0 Å². The predicted molar refractivity (Wildman–Crippen MR) is 91.7 cm³/mol. The Morgan fingerprint density at radius 1 is 1.28 bits per heavy atom. The quantitative estimate of drug-likeness (QED) is 0.827. The molecule has 7 heteroatoms. The van der Waals surface area contributed by atoms with Crippen molar-refractivity contribution in [1.29, 1.82) is 0 Å². The van der Waals surface area contributed by atoms with Crippen molar-refractivity contribution in [3.05, 3.63) is 24.3 Å². The standard InChI is InChI=1S/C18H24N2O5/c1-2-23-16(21)12-24-15-6-4-14(5-7-15)19-17(22)20-10-11-25-18(13-20)8-3-9-18/h4-7H,2-3,8-13H2,1H3,(H,19,22). The van der Waals surface area contributed by atoms with Gasteiger partial charge in [-0.15, -0.1) is 0 Å². The van der Waals surface area contributed by atoms with Crippen LogP contribution < -0.4 is 10.1 Å². The Hall–Kier alpha value is -2.28. The predicted octanol–water partition coefficient (Wildman–Crippen LogP) is 2.42. The maximum atomic E-state index is 12.4. The lowest BCUT2D eigenvalue weighted by Gasteiger charge is -2.48. The molecule has 1 spiro atoms. The van der Waals surface area contributed by atoms with Crippen LogP contribution in [0.4, 0.5) is 10.5 Å². The molecular weight excluding hydrogens is 324 g/mol. The molecule has 2 amide bonds. The summed E-state index contributed by atoms with van der Waals surface area (Å²) in [5.74, 6) is 0.142. The minimum atomic E-state index is -0.405. The lowest BCUT2D eigenvalue weighted by molar-refractivity contribution is -0.145. The molecule has 1 saturated carbocycles. The molecule has 0 aromatic heterocycles. The van der Waals surface area contributed by atoms with Gasteiger partial charge in [0.2, 0.25) is 0 Å². The highest BCUT2D eigenvalue weighted by atomic mass is 16.6. The van der Waals surface area contributed by atoms with E-state index in [0.717, 1.165) is 12.8 Å². The summed E-state index contributed by atoms with van der Waals surface area (Å²) in [6, 6.07) is 6.80. The fourth-order valence-electron chi connectivity index (χ4n) is 3.07. The molecule has 1 aliphatic heterocycles. The zero-order chi connectivity index (χ0) is 17.7. The van der Waals surface area contributed by atoms with Crippen molar-refractivity contribution in [2.24, 2.45) is 0 Å². The summed E-state index contributed by atoms with van der Waals surface area (Å²) in [7, 11) is 0. The molecule has 1 saturated heterocycles. The number of nitrogens with one attached hydrogen (secondary N) is 1. The van der Waals surface area contributed by atoms with Gasteiger partial charge in [0.25, 0.3) is 0 Å². The number of rotatable bonds is 5. The molecule has 25 heavy (non-hydrogen) atoms. The van der Waals surface area contributed by atoms with Gasteiger partial charge in [-0.25, -0.2) is 9.59 Å². The molecule has 2 fully saturated rings. The van der Waals surface area contributed by atoms with Gasteiger partial charge in [0, 0.05) is 12.2 Å². The van der Waals surface area contributed by atoms with Gasteiger partial charge in [0.05, 0.1) is 25.4 Å². The van der Waals surface area contributed by atoms with Crippen LogP contribution in [0.3, 0.4) is 0 Å². The highest BCUT2D eigenvalue weighted by Gasteiger charge is 2.43. The van der Waals surface area contributed by atoms with Crippen LogP contribution in [0.25, 0.3) is 0 Å². The second-order valence-corrected chi connectivity index (χ2v) is 6.35. The first-order chi connectivity index (χ1) is 12.1. The molecule has 0 atom stereocenters. The second kappa shape index (κ2) is 7.74. The number of anilines is 1. The van der Waals surface area contributed by atoms with Crippen molar-refractivity contribution in [3.63, 3.8) is 0 Å². The topological polar surface area (TPSA) is 77.1 Å². The molecule has 1 heterocycles. The van der Waals surface area contributed by atoms with Crippen molar-refractivity contribution in [2.45, 2.75) is 31.8 Å². The van der Waals surface area contributed by atoms with Crippen LogP contribution in [-0.4, -0.2) is 55.4 Å². The lowest BCUT2D eigenvalue weighted by atomic mass is 9.79. The maximum Gasteiger partial charge on any atom is 0.344 e. The Labute approximate surface area is 147 Å². The molecular formula is C18H24N2O5. The van der Waals surface area contributed by atoms with Gasteiger partial charge < -0.3 is 24.4 Å². The van der Waals surface area contributed by atoms with E-state index in [1.165, 1.54) is 6.42 Å². The Balaban J connectivity index is 1.49. The van der Waals surface area contributed by atoms with Crippen LogP contribution >= 0.6 is 0 Å². The number of esters is 1. The lowest BCUT2D eigenvalue weighted by Crippen LogP contribution is -2.57. The van der Waals surface area contributed by atoms with E-state index in [0.29, 0.717) is 37.7 Å². The van der Waals surface area contributed by atoms with Gasteiger partial charge in [0.1, 0.15) is 5.75 Å². The summed E-state index contributed by atoms with van der Waals surface area (Å²) in [6.07, 6.45) is 3.23. The summed E-state index contributed by atoms with van der Waals surface area (Å²) >= 11 is 0. The number of nitrogens with zero attached hydrogens (tertiary/aromatic N) is 1. The fraction of sp³-hybridized carbons (Fsp3) is 0.556. The van der Waals surface area contributed by atoms with E-state index in [4.69, 9.17) is 14.2 Å². The van der Waals surface area contributed by atoms with Crippen LogP contribution in [0.15, 0.2) is 24.3 Å². The van der Waals surface area contributed by atoms with Crippen molar-refractivity contribution >= 4 is 17.7 Å². The van der Waals surface area contributed by atoms with Crippen LogP contribution in [0.5, 0.6) is 5.75 Å². The van der Waals surface area contributed by atoms with Gasteiger partial charge in [-0.3, -0.25) is 0 Å². The van der Waals surface area contributed by atoms with Crippen molar-refractivity contribution in [1.82, 2.24) is 4.90 Å². The summed E-state index contributed by atoms with van der Waals surface area (Å²) in [5, 5.41) is 2.89. The van der Waals surface area contributed by atoms with Crippen molar-refractivity contribution in [2.75, 3.05) is 38.2 Å². The Morgan fingerprint density at radius 3 is 2.68 bits per heavy atom. The number of hydrogen-bond acceptors (Lipinski definition) is 5. The number of ether oxygens (including phenoxy) is 3. The molecule has 1 aromatic rings. The van der Waals surface area contributed by atoms with Gasteiger partial charge in [-0.2, -0.15) is 0 Å². The molecule has 1 aromatic carbocycles. The highest BCUT2D eigenvalue weighted by Crippen LogP contribution is 2.38. The van der Waals surface area contributed by atoms with E-state index in [-0.39, 0.29) is 18.2 Å². The number of morpholine rings is 1. The minimum Gasteiger partial charge on any atom is -0.482 e. The number of amides is 2. The molecule has 2 aliphatic rings. The number of carbonyl (C=O) groups is 2. The molecule has 0 radical (unpaired) electrons. The maximum absolute atomic E-state index is 12.4. The van der Waals surface area contributed by atoms with E-state index >= 15 is 0 Å². The third-order valence-electron chi connectivity index (χ3n) is 4.57. The monoisotopic (exact) mass is 348 g/mol. The number of benzene rings is 1. The molecule has 3 rings (SSSR count). The third kappa shape index (κ3) is 4.42. The molecule has 1 aliphatic carbocycles. The molecule has 7 nitrogen and oxygen atoms in total. The molecule has 0 bridgehead atoms. The summed E-state index contributed by atoms with van der Waals surface area (Å²) in [5.41, 5.74) is 0.572. The van der Waals surface area contributed by atoms with E-state index < -0.39 is 5.97 Å². The van der Waals surface area contributed by atoms with E-state index in [9.17, 15) is 9.59 Å². The van der Waals surface area contributed by atoms with E-state index in [1.807, 2.05) is 4.90 Å². The molecule has 0 unspecified atom stereocenters. The van der Waals surface area contributed by atoms with Crippen molar-refractivity contribution in [3.8, 4) is 5.75 Å². The first-order valence-electron chi connectivity index (χ1n) is 8.69. The van der Waals surface area contributed by atoms with Crippen LogP contribution in [0.1, 0.15) is 26.2 Å². The van der Waals surface area contributed by atoms with E-state index in [1.54, 1.807) is 31.2 Å². The fourth-order valence-corrected chi connectivity index (χ4v) is 3.07. The van der Waals surface area contributed by atoms with Crippen LogP contribution in [-0.2, 0) is 14.3 Å². The summed E-state index contributed by atoms with van der Waals surface area (Å²) < 4.78 is 16.0. The highest BCUT2D eigenvalue weighted by molar-refractivity contribution is 5.89. The minimum absolute atomic E-state index is 0.111. The third-order valence-corrected chi connectivity index (χ3v) is 4.57. The first kappa shape index (κ1) is 17.5. The zero-order valence-corrected chi connectivity index (χ0v) is 14.5. The first-order valence-corrected chi connectivity index (χ1v) is 8.69. The Morgan fingerprint density at radius 2 is 2.04 bits per heavy atom. The van der Waals surface area contributed by atoms with Crippen LogP contribution in [0, 0.1) is 0 Å². The number of urea groups is 1. The molecule has 1 N–H and O–H groups in total. The molecule has 136 valence electrons. The average molecular weight is 348 g/mol. The van der Waals surface area contributed by atoms with Gasteiger partial charge in [0.15, 0.2) is 6.61 Å². The zero-order valence-electron chi connectivity index (χ0n) is 14.5. The normalized spacial score (nSPS) is 18.4. The van der Waals surface area contributed by atoms with Crippen LogP contribution in [0.2, 0.25) is 0 Å². The van der Waals surface area contributed by atoms with Crippen molar-refractivity contribution < 1.29 is 23.8 Å².